The van der Waals surface area contributed by atoms with E-state index in [9.17, 15) is 0 Å². The van der Waals surface area contributed by atoms with Crippen molar-refractivity contribution >= 4 is 48.2 Å². The summed E-state index contributed by atoms with van der Waals surface area (Å²) in [6.07, 6.45) is 1.67. The molecule has 0 saturated heterocycles. The second-order valence-corrected chi connectivity index (χ2v) is 6.85. The number of hydrogen-bond donors (Lipinski definition) is 3. The number of nitrogens with zero attached hydrogens (tertiary/aromatic N) is 3. The SMILES string of the molecule is COc1cc(OC)cc(C2(C(=N)N)N=C(N)N=C2N=C2CCc3ccccc32)c1.Cl.Cl. The highest BCUT2D eigenvalue weighted by Gasteiger charge is 2.46. The maximum absolute atomic E-state index is 8.36. The van der Waals surface area contributed by atoms with E-state index in [0.717, 1.165) is 24.1 Å². The molecule has 0 aromatic heterocycles. The first-order valence-electron chi connectivity index (χ1n) is 9.16. The molecule has 1 unspecified atom stereocenters. The molecule has 31 heavy (non-hydrogen) atoms. The van der Waals surface area contributed by atoms with Crippen LogP contribution in [-0.2, 0) is 12.0 Å². The summed E-state index contributed by atoms with van der Waals surface area (Å²) in [5.41, 5.74) is 14.3. The zero-order valence-corrected chi connectivity index (χ0v) is 18.7. The molecule has 0 saturated carbocycles. The van der Waals surface area contributed by atoms with Crippen molar-refractivity contribution in [3.8, 4) is 11.5 Å². The third-order valence-electron chi connectivity index (χ3n) is 5.19. The molecule has 1 aliphatic heterocycles. The molecule has 0 bridgehead atoms. The van der Waals surface area contributed by atoms with Gasteiger partial charge in [0.2, 0.25) is 11.5 Å². The summed E-state index contributed by atoms with van der Waals surface area (Å²) in [5.74, 6) is 1.14. The van der Waals surface area contributed by atoms with Crippen molar-refractivity contribution in [3.05, 3.63) is 59.2 Å². The lowest BCUT2D eigenvalue weighted by molar-refractivity contribution is 0.393. The number of ether oxygens (including phenoxy) is 2. The third kappa shape index (κ3) is 4.08. The van der Waals surface area contributed by atoms with Crippen LogP contribution >= 0.6 is 24.8 Å². The lowest BCUT2D eigenvalue weighted by Gasteiger charge is -2.26. The first kappa shape index (κ1) is 24.2. The number of rotatable bonds is 4. The number of aryl methyl sites for hydroxylation is 1. The number of nitrogens with one attached hydrogen (secondary N) is 1. The predicted molar refractivity (Wildman–Crippen MR) is 128 cm³/mol. The summed E-state index contributed by atoms with van der Waals surface area (Å²) >= 11 is 0. The summed E-state index contributed by atoms with van der Waals surface area (Å²) in [6, 6.07) is 13.3. The zero-order valence-electron chi connectivity index (χ0n) is 17.1. The van der Waals surface area contributed by atoms with Crippen LogP contribution in [0.5, 0.6) is 11.5 Å². The van der Waals surface area contributed by atoms with Crippen molar-refractivity contribution in [1.29, 1.82) is 5.41 Å². The van der Waals surface area contributed by atoms with E-state index in [4.69, 9.17) is 31.3 Å². The Hall–Kier alpha value is -3.10. The summed E-state index contributed by atoms with van der Waals surface area (Å²) in [6.45, 7) is 0. The number of halogens is 2. The van der Waals surface area contributed by atoms with Gasteiger partial charge >= 0.3 is 0 Å². The van der Waals surface area contributed by atoms with Crippen LogP contribution in [0, 0.1) is 5.41 Å². The summed E-state index contributed by atoms with van der Waals surface area (Å²) < 4.78 is 10.8. The molecule has 8 nitrogen and oxygen atoms in total. The standard InChI is InChI=1S/C21H22N6O2.2ClH/c1-28-14-9-13(10-15(11-14)29-2)21(18(22)23)19(26-20(24)27-21)25-17-8-7-12-5-3-4-6-16(12)17;;/h3-6,9-11H,7-8H2,1-2H3,(H3,22,23)(H2,24,27);2*1H. The number of aliphatic imine (C=N–C) groups is 3. The number of nitrogens with two attached hydrogens (primary N) is 2. The molecular weight excluding hydrogens is 439 g/mol. The Morgan fingerprint density at radius 2 is 1.71 bits per heavy atom. The molecule has 0 amide bonds. The summed E-state index contributed by atoms with van der Waals surface area (Å²) in [4.78, 5) is 13.6. The van der Waals surface area contributed by atoms with Gasteiger partial charge in [0.15, 0.2) is 5.84 Å². The Morgan fingerprint density at radius 3 is 2.32 bits per heavy atom. The molecule has 0 fully saturated rings. The Balaban J connectivity index is 0.00000171. The lowest BCUT2D eigenvalue weighted by Crippen LogP contribution is -2.44. The average Bonchev–Trinajstić information content (AvgIpc) is 3.29. The first-order valence-corrected chi connectivity index (χ1v) is 9.16. The molecule has 2 aromatic rings. The van der Waals surface area contributed by atoms with Gasteiger partial charge < -0.3 is 20.9 Å². The van der Waals surface area contributed by atoms with Gasteiger partial charge in [0.05, 0.1) is 19.9 Å². The second kappa shape index (κ2) is 9.36. The van der Waals surface area contributed by atoms with E-state index in [-0.39, 0.29) is 42.4 Å². The quantitative estimate of drug-likeness (QED) is 0.475. The van der Waals surface area contributed by atoms with E-state index in [1.54, 1.807) is 32.4 Å². The van der Waals surface area contributed by atoms with Crippen LogP contribution in [0.25, 0.3) is 0 Å². The van der Waals surface area contributed by atoms with Gasteiger partial charge in [-0.25, -0.2) is 9.98 Å². The fourth-order valence-corrected chi connectivity index (χ4v) is 3.74. The van der Waals surface area contributed by atoms with Crippen molar-refractivity contribution < 1.29 is 9.47 Å². The van der Waals surface area contributed by atoms with Gasteiger partial charge in [-0.1, -0.05) is 24.3 Å². The minimum Gasteiger partial charge on any atom is -0.497 e. The third-order valence-corrected chi connectivity index (χ3v) is 5.19. The van der Waals surface area contributed by atoms with Crippen LogP contribution in [0.4, 0.5) is 0 Å². The van der Waals surface area contributed by atoms with Crippen LogP contribution in [-0.4, -0.2) is 37.6 Å². The first-order chi connectivity index (χ1) is 14.0. The highest BCUT2D eigenvalue weighted by atomic mass is 35.5. The molecule has 0 spiro atoms. The largest absolute Gasteiger partial charge is 0.497 e. The topological polar surface area (TPSA) is 131 Å². The van der Waals surface area contributed by atoms with E-state index in [1.165, 1.54) is 5.56 Å². The van der Waals surface area contributed by atoms with Crippen LogP contribution in [0.2, 0.25) is 0 Å². The molecular formula is C21H24Cl2N6O2. The molecule has 2 aromatic carbocycles. The van der Waals surface area contributed by atoms with Crippen LogP contribution in [0.1, 0.15) is 23.1 Å². The van der Waals surface area contributed by atoms with E-state index in [0.29, 0.717) is 17.1 Å². The zero-order chi connectivity index (χ0) is 20.6. The number of fused-ring (bicyclic) bond motifs is 1. The van der Waals surface area contributed by atoms with E-state index in [2.05, 4.69) is 16.1 Å². The molecule has 2 aliphatic rings. The van der Waals surface area contributed by atoms with Crippen LogP contribution in [0.3, 0.4) is 0 Å². The van der Waals surface area contributed by atoms with E-state index >= 15 is 0 Å². The van der Waals surface area contributed by atoms with E-state index < -0.39 is 5.54 Å². The predicted octanol–water partition coefficient (Wildman–Crippen LogP) is 2.84. The molecule has 164 valence electrons. The Morgan fingerprint density at radius 1 is 1.06 bits per heavy atom. The van der Waals surface area contributed by atoms with Gasteiger partial charge in [-0.2, -0.15) is 4.99 Å². The van der Waals surface area contributed by atoms with Gasteiger partial charge in [0.1, 0.15) is 17.3 Å². The molecule has 0 radical (unpaired) electrons. The second-order valence-electron chi connectivity index (χ2n) is 6.85. The lowest BCUT2D eigenvalue weighted by atomic mass is 9.87. The Bertz CT molecular complexity index is 1080. The van der Waals surface area contributed by atoms with Crippen molar-refractivity contribution in [2.45, 2.75) is 18.4 Å². The van der Waals surface area contributed by atoms with Crippen molar-refractivity contribution in [1.82, 2.24) is 0 Å². The molecule has 10 heteroatoms. The van der Waals surface area contributed by atoms with Crippen LogP contribution in [0.15, 0.2) is 57.4 Å². The number of hydrogen-bond acceptors (Lipinski definition) is 7. The molecule has 5 N–H and O–H groups in total. The number of amidine groups is 2. The molecule has 4 rings (SSSR count). The highest BCUT2D eigenvalue weighted by molar-refractivity contribution is 6.24. The highest BCUT2D eigenvalue weighted by Crippen LogP contribution is 2.37. The van der Waals surface area contributed by atoms with Crippen molar-refractivity contribution in [3.63, 3.8) is 0 Å². The fraction of sp³-hybridized carbons (Fsp3) is 0.238. The number of methoxy groups -OCH3 is 2. The maximum atomic E-state index is 8.36. The van der Waals surface area contributed by atoms with Gasteiger partial charge in [-0.05, 0) is 36.1 Å². The van der Waals surface area contributed by atoms with Gasteiger partial charge in [0, 0.05) is 11.6 Å². The minimum atomic E-state index is -1.43. The maximum Gasteiger partial charge on any atom is 0.219 e. The van der Waals surface area contributed by atoms with Crippen LogP contribution < -0.4 is 20.9 Å². The molecule has 1 atom stereocenters. The summed E-state index contributed by atoms with van der Waals surface area (Å²) in [5, 5.41) is 8.36. The Kier molecular flexibility index (Phi) is 7.30. The van der Waals surface area contributed by atoms with Crippen molar-refractivity contribution in [2.24, 2.45) is 26.4 Å². The Labute approximate surface area is 192 Å². The van der Waals surface area contributed by atoms with Crippen molar-refractivity contribution in [2.75, 3.05) is 14.2 Å². The summed E-state index contributed by atoms with van der Waals surface area (Å²) in [7, 11) is 3.10. The van der Waals surface area contributed by atoms with Gasteiger partial charge in [0.25, 0.3) is 0 Å². The van der Waals surface area contributed by atoms with E-state index in [1.807, 2.05) is 18.2 Å². The number of benzene rings is 2. The van der Waals surface area contributed by atoms with Gasteiger partial charge in [-0.3, -0.25) is 5.41 Å². The minimum absolute atomic E-state index is 0. The monoisotopic (exact) mass is 462 g/mol. The fourth-order valence-electron chi connectivity index (χ4n) is 3.74. The van der Waals surface area contributed by atoms with Gasteiger partial charge in [-0.15, -0.1) is 24.8 Å². The number of guanidine groups is 1. The molecule has 1 aliphatic carbocycles. The normalized spacial score (nSPS) is 20.1. The average molecular weight is 463 g/mol. The molecule has 1 heterocycles. The smallest absolute Gasteiger partial charge is 0.219 e.